The Kier molecular flexibility index (Phi) is 13.2. The molecule has 1 unspecified atom stereocenters. The molecule has 5 N–H and O–H groups in total. The van der Waals surface area contributed by atoms with E-state index in [1.807, 2.05) is 11.8 Å². The number of aliphatic hydroxyl groups is 1. The molecule has 0 aromatic heterocycles. The summed E-state index contributed by atoms with van der Waals surface area (Å²) in [6.07, 6.45) is -0.597. The summed E-state index contributed by atoms with van der Waals surface area (Å²) in [5.41, 5.74) is 0. The van der Waals surface area contributed by atoms with E-state index >= 15 is 0 Å². The molecule has 0 aliphatic carbocycles. The number of carbonyl (C=O) groups is 3. The van der Waals surface area contributed by atoms with E-state index < -0.39 is 24.0 Å². The topological polar surface area (TPSA) is 157 Å². The highest BCUT2D eigenvalue weighted by Crippen LogP contribution is 2.02. The van der Waals surface area contributed by atoms with Crippen LogP contribution < -0.4 is 5.32 Å². The highest BCUT2D eigenvalue weighted by molar-refractivity contribution is 5.69. The lowest BCUT2D eigenvalue weighted by atomic mass is 10.2. The Morgan fingerprint density at radius 1 is 0.710 bits per heavy atom. The molecule has 0 amide bonds. The van der Waals surface area contributed by atoms with E-state index in [9.17, 15) is 29.7 Å². The van der Waals surface area contributed by atoms with E-state index in [-0.39, 0.29) is 19.6 Å². The first-order chi connectivity index (χ1) is 14.7. The van der Waals surface area contributed by atoms with Crippen molar-refractivity contribution in [2.45, 2.75) is 13.0 Å². The molecule has 1 atom stereocenters. The Morgan fingerprint density at radius 2 is 1.03 bits per heavy atom. The van der Waals surface area contributed by atoms with Crippen LogP contribution >= 0.6 is 0 Å². The summed E-state index contributed by atoms with van der Waals surface area (Å²) in [6, 6.07) is 0. The van der Waals surface area contributed by atoms with Gasteiger partial charge in [-0.25, -0.2) is 0 Å². The monoisotopic (exact) mass is 447 g/mol. The van der Waals surface area contributed by atoms with Crippen molar-refractivity contribution >= 4 is 17.9 Å². The molecule has 1 rings (SSSR count). The molecule has 0 aromatic rings. The third-order valence-electron chi connectivity index (χ3n) is 5.11. The van der Waals surface area contributed by atoms with Crippen LogP contribution in [-0.4, -0.2) is 156 Å². The lowest BCUT2D eigenvalue weighted by Crippen LogP contribution is -2.50. The Morgan fingerprint density at radius 3 is 1.32 bits per heavy atom. The predicted molar refractivity (Wildman–Crippen MR) is 113 cm³/mol. The summed E-state index contributed by atoms with van der Waals surface area (Å²) >= 11 is 0. The van der Waals surface area contributed by atoms with E-state index in [0.29, 0.717) is 65.4 Å². The molecule has 180 valence electrons. The van der Waals surface area contributed by atoms with Gasteiger partial charge in [-0.1, -0.05) is 6.92 Å². The maximum atomic E-state index is 11.3. The van der Waals surface area contributed by atoms with E-state index in [1.165, 1.54) is 0 Å². The van der Waals surface area contributed by atoms with Crippen LogP contribution in [0.3, 0.4) is 0 Å². The first-order valence-electron chi connectivity index (χ1n) is 10.6. The van der Waals surface area contributed by atoms with Gasteiger partial charge in [0.05, 0.1) is 25.7 Å². The summed E-state index contributed by atoms with van der Waals surface area (Å²) < 4.78 is 0. The first-order valence-corrected chi connectivity index (χ1v) is 10.6. The summed E-state index contributed by atoms with van der Waals surface area (Å²) in [4.78, 5) is 40.9. The molecule has 1 saturated heterocycles. The number of carboxylic acids is 3. The second kappa shape index (κ2) is 15.1. The fourth-order valence-corrected chi connectivity index (χ4v) is 3.48. The molecular formula is C19H37N5O7. The number of aliphatic carboxylic acids is 3. The van der Waals surface area contributed by atoms with E-state index in [4.69, 9.17) is 5.11 Å². The third-order valence-corrected chi connectivity index (χ3v) is 5.11. The standard InChI is InChI=1S/C19H37N5O7/c1-2-20-11-16(25)12-21-3-5-22(13-17(26)27)7-9-24(15-19(30)31)10-8-23(6-4-21)14-18(28)29/h16,20,25H,2-15H2,1H3,(H,26,27)(H,28,29)(H,30,31). The molecule has 0 radical (unpaired) electrons. The zero-order chi connectivity index (χ0) is 23.2. The maximum Gasteiger partial charge on any atom is 0.317 e. The van der Waals surface area contributed by atoms with Gasteiger partial charge in [-0.15, -0.1) is 0 Å². The lowest BCUT2D eigenvalue weighted by Gasteiger charge is -2.33. The van der Waals surface area contributed by atoms with Crippen LogP contribution in [0.15, 0.2) is 0 Å². The van der Waals surface area contributed by atoms with E-state index in [1.54, 1.807) is 14.7 Å². The van der Waals surface area contributed by atoms with Crippen LogP contribution in [0.1, 0.15) is 6.92 Å². The average Bonchev–Trinajstić information content (AvgIpc) is 2.67. The predicted octanol–water partition coefficient (Wildman–Crippen LogP) is -2.57. The van der Waals surface area contributed by atoms with Gasteiger partial charge in [-0.2, -0.15) is 0 Å². The highest BCUT2D eigenvalue weighted by atomic mass is 16.4. The van der Waals surface area contributed by atoms with Crippen molar-refractivity contribution in [2.75, 3.05) is 91.6 Å². The van der Waals surface area contributed by atoms with Gasteiger partial charge in [0.15, 0.2) is 0 Å². The fourth-order valence-electron chi connectivity index (χ4n) is 3.48. The van der Waals surface area contributed by atoms with Gasteiger partial charge >= 0.3 is 17.9 Å². The number of hydrogen-bond acceptors (Lipinski definition) is 9. The minimum Gasteiger partial charge on any atom is -0.480 e. The molecule has 1 heterocycles. The summed E-state index contributed by atoms with van der Waals surface area (Å²) in [7, 11) is 0. The summed E-state index contributed by atoms with van der Waals surface area (Å²) in [6.45, 7) is 6.42. The molecule has 1 fully saturated rings. The van der Waals surface area contributed by atoms with Crippen molar-refractivity contribution in [1.82, 2.24) is 24.9 Å². The number of likely N-dealkylation sites (N-methyl/N-ethyl adjacent to an activating group) is 1. The maximum absolute atomic E-state index is 11.3. The number of nitrogens with zero attached hydrogens (tertiary/aromatic N) is 4. The lowest BCUT2D eigenvalue weighted by molar-refractivity contribution is -0.140. The summed E-state index contributed by atoms with van der Waals surface area (Å²) in [5.74, 6) is -2.89. The van der Waals surface area contributed by atoms with Gasteiger partial charge in [-0.05, 0) is 6.54 Å². The van der Waals surface area contributed by atoms with Crippen molar-refractivity contribution in [3.05, 3.63) is 0 Å². The van der Waals surface area contributed by atoms with Crippen molar-refractivity contribution < 1.29 is 34.8 Å². The molecule has 0 spiro atoms. The van der Waals surface area contributed by atoms with Gasteiger partial charge in [0.1, 0.15) is 0 Å². The van der Waals surface area contributed by atoms with Crippen molar-refractivity contribution in [3.63, 3.8) is 0 Å². The van der Waals surface area contributed by atoms with Gasteiger partial charge in [0.2, 0.25) is 0 Å². The van der Waals surface area contributed by atoms with Crippen LogP contribution in [-0.2, 0) is 14.4 Å². The molecule has 31 heavy (non-hydrogen) atoms. The first kappa shape index (κ1) is 27.2. The van der Waals surface area contributed by atoms with Gasteiger partial charge in [0.25, 0.3) is 0 Å². The minimum atomic E-state index is -0.984. The second-order valence-electron chi connectivity index (χ2n) is 7.77. The number of hydrogen-bond donors (Lipinski definition) is 5. The molecule has 12 nitrogen and oxygen atoms in total. The largest absolute Gasteiger partial charge is 0.480 e. The Hall–Kier alpha value is -1.83. The normalized spacial score (nSPS) is 19.9. The number of β-amino-alcohol motifs (C(OH)–C–C–N with tert-alkyl or cyclic N) is 1. The molecule has 0 aromatic carbocycles. The molecule has 1 aliphatic rings. The molecule has 12 heteroatoms. The number of aliphatic hydroxyl groups excluding tert-OH is 1. The van der Waals surface area contributed by atoms with Crippen LogP contribution in [0.2, 0.25) is 0 Å². The average molecular weight is 448 g/mol. The Bertz CT molecular complexity index is 534. The number of rotatable bonds is 11. The molecule has 0 saturated carbocycles. The van der Waals surface area contributed by atoms with Crippen LogP contribution in [0.4, 0.5) is 0 Å². The number of nitrogens with one attached hydrogen (secondary N) is 1. The molecule has 0 bridgehead atoms. The quantitative estimate of drug-likeness (QED) is 0.226. The molecular weight excluding hydrogens is 410 g/mol. The highest BCUT2D eigenvalue weighted by Gasteiger charge is 2.21. The molecule has 1 aliphatic heterocycles. The van der Waals surface area contributed by atoms with Crippen LogP contribution in [0.5, 0.6) is 0 Å². The van der Waals surface area contributed by atoms with Gasteiger partial charge in [-0.3, -0.25) is 34.0 Å². The number of carboxylic acid groups (broad SMARTS) is 3. The fraction of sp³-hybridized carbons (Fsp3) is 0.842. The van der Waals surface area contributed by atoms with Gasteiger partial charge < -0.3 is 25.7 Å². The zero-order valence-electron chi connectivity index (χ0n) is 18.3. The van der Waals surface area contributed by atoms with Crippen molar-refractivity contribution in [3.8, 4) is 0 Å². The zero-order valence-corrected chi connectivity index (χ0v) is 18.3. The van der Waals surface area contributed by atoms with Crippen molar-refractivity contribution in [1.29, 1.82) is 0 Å². The van der Waals surface area contributed by atoms with Gasteiger partial charge in [0, 0.05) is 65.4 Å². The third kappa shape index (κ3) is 13.2. The van der Waals surface area contributed by atoms with Crippen LogP contribution in [0, 0.1) is 0 Å². The van der Waals surface area contributed by atoms with Crippen molar-refractivity contribution in [2.24, 2.45) is 0 Å². The Balaban J connectivity index is 2.90. The van der Waals surface area contributed by atoms with E-state index in [0.717, 1.165) is 6.54 Å². The Labute approximate surface area is 183 Å². The smallest absolute Gasteiger partial charge is 0.317 e. The minimum absolute atomic E-state index is 0.153. The van der Waals surface area contributed by atoms with E-state index in [2.05, 4.69) is 5.32 Å². The summed E-state index contributed by atoms with van der Waals surface area (Å²) in [5, 5.41) is 41.0. The second-order valence-corrected chi connectivity index (χ2v) is 7.77. The van der Waals surface area contributed by atoms with Crippen LogP contribution in [0.25, 0.3) is 0 Å². The SMILES string of the molecule is CCNCC(O)CN1CCN(CC(=O)O)CCN(CC(=O)O)CCN(CC(=O)O)CC1.